The highest BCUT2D eigenvalue weighted by Crippen LogP contribution is 2.27. The molecule has 0 aromatic rings. The van der Waals surface area contributed by atoms with E-state index in [-0.39, 0.29) is 0 Å². The molecule has 2 nitrogen and oxygen atoms in total. The zero-order valence-corrected chi connectivity index (χ0v) is 12.2. The predicted molar refractivity (Wildman–Crippen MR) is 68.5 cm³/mol. The summed E-state index contributed by atoms with van der Waals surface area (Å²) in [6.45, 7) is 7.04. The second kappa shape index (κ2) is 5.88. The van der Waals surface area contributed by atoms with Crippen LogP contribution in [0.2, 0.25) is 12.1 Å². The highest BCUT2D eigenvalue weighted by molar-refractivity contribution is 6.62. The summed E-state index contributed by atoms with van der Waals surface area (Å²) in [6, 6.07) is 2.78. The van der Waals surface area contributed by atoms with Crippen LogP contribution in [-0.4, -0.2) is 52.1 Å². The van der Waals surface area contributed by atoms with Crippen molar-refractivity contribution < 1.29 is 0 Å². The molecule has 0 amide bonds. The van der Waals surface area contributed by atoms with Gasteiger partial charge in [-0.15, -0.1) is 0 Å². The van der Waals surface area contributed by atoms with Crippen LogP contribution in [-0.2, 0) is 0 Å². The fraction of sp³-hybridized carbons (Fsp3) is 1.00. The van der Waals surface area contributed by atoms with Gasteiger partial charge in [0.25, 0.3) is 0 Å². The monoisotopic (exact) mass is 216 g/mol. The zero-order valence-electron chi connectivity index (χ0n) is 11.1. The first kappa shape index (κ1) is 14.1. The summed E-state index contributed by atoms with van der Waals surface area (Å²) >= 11 is 0. The summed E-state index contributed by atoms with van der Waals surface area (Å²) in [6.07, 6.45) is 1.24. The Morgan fingerprint density at radius 3 is 1.29 bits per heavy atom. The SMILES string of the molecule is CC[SiH](CC)C(CC)(N(C)C)N(C)C. The standard InChI is InChI=1S/C11H28N2Si/c1-8-11(12(4)5,13(6)7)14(9-2)10-3/h14H,8-10H2,1-7H3. The van der Waals surface area contributed by atoms with Crippen LogP contribution < -0.4 is 0 Å². The zero-order chi connectivity index (χ0) is 11.4. The lowest BCUT2D eigenvalue weighted by Crippen LogP contribution is -2.64. The quantitative estimate of drug-likeness (QED) is 0.495. The van der Waals surface area contributed by atoms with Crippen LogP contribution in [0.15, 0.2) is 0 Å². The summed E-state index contributed by atoms with van der Waals surface area (Å²) in [7, 11) is 8.22. The molecule has 0 aliphatic rings. The van der Waals surface area contributed by atoms with Gasteiger partial charge in [0.1, 0.15) is 0 Å². The molecular formula is C11H28N2Si. The second-order valence-corrected chi connectivity index (χ2v) is 8.49. The number of rotatable bonds is 6. The molecule has 0 unspecified atom stereocenters. The Morgan fingerprint density at radius 1 is 0.857 bits per heavy atom. The molecule has 0 aromatic carbocycles. The maximum absolute atomic E-state index is 2.44. The van der Waals surface area contributed by atoms with Gasteiger partial charge in [0.2, 0.25) is 0 Å². The summed E-state index contributed by atoms with van der Waals surface area (Å²) in [5.41, 5.74) is 0. The summed E-state index contributed by atoms with van der Waals surface area (Å²) in [5.74, 6) is 0. The molecule has 0 aliphatic heterocycles. The van der Waals surface area contributed by atoms with Crippen molar-refractivity contribution in [2.45, 2.75) is 44.6 Å². The molecule has 0 rings (SSSR count). The van der Waals surface area contributed by atoms with Gasteiger partial charge in [0.15, 0.2) is 0 Å². The van der Waals surface area contributed by atoms with Gasteiger partial charge < -0.3 is 0 Å². The molecule has 86 valence electrons. The molecule has 14 heavy (non-hydrogen) atoms. The van der Waals surface area contributed by atoms with E-state index >= 15 is 0 Å². The van der Waals surface area contributed by atoms with Gasteiger partial charge in [0, 0.05) is 0 Å². The summed E-state index contributed by atoms with van der Waals surface area (Å²) in [5, 5.41) is 0.365. The summed E-state index contributed by atoms with van der Waals surface area (Å²) in [4.78, 5) is 4.88. The van der Waals surface area contributed by atoms with Gasteiger partial charge in [-0.3, -0.25) is 9.80 Å². The van der Waals surface area contributed by atoms with Gasteiger partial charge in [0.05, 0.1) is 14.1 Å². The minimum atomic E-state index is -0.707. The molecule has 0 saturated carbocycles. The van der Waals surface area contributed by atoms with E-state index in [4.69, 9.17) is 0 Å². The van der Waals surface area contributed by atoms with Crippen molar-refractivity contribution in [2.24, 2.45) is 0 Å². The number of hydrogen-bond acceptors (Lipinski definition) is 2. The Hall–Kier alpha value is 0.137. The van der Waals surface area contributed by atoms with Gasteiger partial charge in [-0.05, 0) is 34.6 Å². The average molecular weight is 216 g/mol. The van der Waals surface area contributed by atoms with Gasteiger partial charge in [-0.2, -0.15) is 0 Å². The normalized spacial score (nSPS) is 13.3. The molecular weight excluding hydrogens is 188 g/mol. The molecule has 0 spiro atoms. The van der Waals surface area contributed by atoms with Crippen molar-refractivity contribution in [1.82, 2.24) is 9.80 Å². The Bertz CT molecular complexity index is 145. The number of nitrogens with zero attached hydrogens (tertiary/aromatic N) is 2. The topological polar surface area (TPSA) is 6.48 Å². The van der Waals surface area contributed by atoms with Crippen LogP contribution in [0.4, 0.5) is 0 Å². The predicted octanol–water partition coefficient (Wildman–Crippen LogP) is 2.02. The van der Waals surface area contributed by atoms with E-state index in [2.05, 4.69) is 58.8 Å². The Kier molecular flexibility index (Phi) is 5.94. The van der Waals surface area contributed by atoms with E-state index in [1.54, 1.807) is 0 Å². The van der Waals surface area contributed by atoms with Crippen molar-refractivity contribution in [3.8, 4) is 0 Å². The van der Waals surface area contributed by atoms with Gasteiger partial charge in [-0.1, -0.05) is 32.9 Å². The first-order valence-electron chi connectivity index (χ1n) is 5.82. The molecule has 0 aromatic heterocycles. The smallest absolute Gasteiger partial charge is 0.0787 e. The van der Waals surface area contributed by atoms with Crippen molar-refractivity contribution in [3.63, 3.8) is 0 Å². The van der Waals surface area contributed by atoms with Crippen molar-refractivity contribution in [2.75, 3.05) is 28.2 Å². The minimum absolute atomic E-state index is 0.365. The number of hydrogen-bond donors (Lipinski definition) is 0. The van der Waals surface area contributed by atoms with E-state index in [9.17, 15) is 0 Å². The molecule has 0 radical (unpaired) electrons. The molecule has 0 saturated heterocycles. The molecule has 0 heterocycles. The molecule has 0 atom stereocenters. The molecule has 0 bridgehead atoms. The summed E-state index contributed by atoms with van der Waals surface area (Å²) < 4.78 is 0. The maximum atomic E-state index is 2.44. The van der Waals surface area contributed by atoms with Crippen LogP contribution >= 0.6 is 0 Å². The van der Waals surface area contributed by atoms with E-state index in [1.807, 2.05) is 0 Å². The lowest BCUT2D eigenvalue weighted by molar-refractivity contribution is 0.0721. The first-order chi connectivity index (χ1) is 6.47. The van der Waals surface area contributed by atoms with Gasteiger partial charge in [-0.25, -0.2) is 0 Å². The third-order valence-corrected chi connectivity index (χ3v) is 8.43. The molecule has 0 N–H and O–H groups in total. The van der Waals surface area contributed by atoms with Crippen LogP contribution in [0.1, 0.15) is 27.2 Å². The maximum Gasteiger partial charge on any atom is 0.0787 e. The fourth-order valence-electron chi connectivity index (χ4n) is 2.99. The lowest BCUT2D eigenvalue weighted by Gasteiger charge is -2.49. The first-order valence-corrected chi connectivity index (χ1v) is 8.03. The third-order valence-electron chi connectivity index (χ3n) is 3.71. The Labute approximate surface area is 91.9 Å². The van der Waals surface area contributed by atoms with Crippen LogP contribution in [0.3, 0.4) is 0 Å². The van der Waals surface area contributed by atoms with E-state index in [0.29, 0.717) is 5.29 Å². The Balaban J connectivity index is 5.00. The average Bonchev–Trinajstić information content (AvgIpc) is 2.12. The fourth-order valence-corrected chi connectivity index (χ4v) is 6.92. The second-order valence-electron chi connectivity index (χ2n) is 4.53. The van der Waals surface area contributed by atoms with Crippen molar-refractivity contribution in [1.29, 1.82) is 0 Å². The lowest BCUT2D eigenvalue weighted by atomic mass is 10.3. The Morgan fingerprint density at radius 2 is 1.21 bits per heavy atom. The van der Waals surface area contributed by atoms with Crippen LogP contribution in [0.5, 0.6) is 0 Å². The minimum Gasteiger partial charge on any atom is -0.295 e. The van der Waals surface area contributed by atoms with E-state index in [1.165, 1.54) is 18.5 Å². The molecule has 0 fully saturated rings. The van der Waals surface area contributed by atoms with E-state index in [0.717, 1.165) is 0 Å². The van der Waals surface area contributed by atoms with Crippen LogP contribution in [0, 0.1) is 0 Å². The third kappa shape index (κ3) is 2.38. The van der Waals surface area contributed by atoms with Gasteiger partial charge >= 0.3 is 0 Å². The van der Waals surface area contributed by atoms with E-state index < -0.39 is 8.80 Å². The molecule has 0 aliphatic carbocycles. The highest BCUT2D eigenvalue weighted by Gasteiger charge is 2.40. The molecule has 3 heteroatoms. The highest BCUT2D eigenvalue weighted by atomic mass is 28.3. The van der Waals surface area contributed by atoms with Crippen molar-refractivity contribution in [3.05, 3.63) is 0 Å². The largest absolute Gasteiger partial charge is 0.295 e. The van der Waals surface area contributed by atoms with Crippen LogP contribution in [0.25, 0.3) is 0 Å². The van der Waals surface area contributed by atoms with Crippen molar-refractivity contribution >= 4 is 8.80 Å².